The average Bonchev–Trinajstić information content (AvgIpc) is 4.01. The number of furan rings is 2. The quantitative estimate of drug-likeness (QED) is 0.142. The van der Waals surface area contributed by atoms with Gasteiger partial charge in [0.25, 0.3) is 0 Å². The number of fused-ring (bicyclic) bond motifs is 6. The number of rotatable bonds is 8. The van der Waals surface area contributed by atoms with Crippen LogP contribution in [0.4, 0.5) is 34.1 Å². The van der Waals surface area contributed by atoms with Gasteiger partial charge in [0.15, 0.2) is 11.2 Å². The van der Waals surface area contributed by atoms with Crippen LogP contribution in [0.15, 0.2) is 179 Å². The van der Waals surface area contributed by atoms with Crippen molar-refractivity contribution in [1.29, 1.82) is 0 Å². The molecular weight excluding hydrogens is 853 g/mol. The molecule has 12 aromatic rings. The molecule has 0 radical (unpaired) electrons. The molecular formula is C66H56N2O2. The molecule has 0 N–H and O–H groups in total. The second kappa shape index (κ2) is 16.6. The minimum Gasteiger partial charge on any atom is -0.454 e. The molecule has 0 bridgehead atoms. The van der Waals surface area contributed by atoms with Crippen molar-refractivity contribution in [2.45, 2.75) is 89.9 Å². The molecule has 2 saturated carbocycles. The summed E-state index contributed by atoms with van der Waals surface area (Å²) in [6.45, 7) is 4.29. The Morgan fingerprint density at radius 3 is 1.11 bits per heavy atom. The van der Waals surface area contributed by atoms with E-state index in [-0.39, 0.29) is 0 Å². The summed E-state index contributed by atoms with van der Waals surface area (Å²) in [6, 6.07) is 63.9. The highest BCUT2D eigenvalue weighted by atomic mass is 16.3. The monoisotopic (exact) mass is 908 g/mol. The van der Waals surface area contributed by atoms with Gasteiger partial charge in [-0.2, -0.15) is 0 Å². The van der Waals surface area contributed by atoms with Gasteiger partial charge in [0.05, 0.1) is 22.7 Å². The van der Waals surface area contributed by atoms with Gasteiger partial charge in [-0.25, -0.2) is 0 Å². The molecule has 4 heteroatoms. The Morgan fingerprint density at radius 2 is 0.700 bits per heavy atom. The van der Waals surface area contributed by atoms with Crippen molar-refractivity contribution in [3.63, 3.8) is 0 Å². The Hall–Kier alpha value is -7.56. The van der Waals surface area contributed by atoms with E-state index in [1.807, 2.05) is 0 Å². The second-order valence-electron chi connectivity index (χ2n) is 20.5. The van der Waals surface area contributed by atoms with Crippen molar-refractivity contribution >= 4 is 110 Å². The predicted molar refractivity (Wildman–Crippen MR) is 295 cm³/mol. The van der Waals surface area contributed by atoms with Gasteiger partial charge in [-0.05, 0) is 144 Å². The van der Waals surface area contributed by atoms with E-state index in [0.717, 1.165) is 89.1 Å². The molecule has 342 valence electrons. The molecule has 0 aliphatic heterocycles. The van der Waals surface area contributed by atoms with Crippen molar-refractivity contribution in [2.24, 2.45) is 0 Å². The third-order valence-corrected chi connectivity index (χ3v) is 16.4. The number of para-hydroxylation sites is 4. The fourth-order valence-corrected chi connectivity index (χ4v) is 12.9. The maximum atomic E-state index is 6.95. The van der Waals surface area contributed by atoms with Crippen LogP contribution in [0.5, 0.6) is 0 Å². The summed E-state index contributed by atoms with van der Waals surface area (Å²) in [6.07, 6.45) is 13.0. The van der Waals surface area contributed by atoms with Crippen LogP contribution in [0.2, 0.25) is 0 Å². The zero-order valence-corrected chi connectivity index (χ0v) is 40.1. The van der Waals surface area contributed by atoms with E-state index in [4.69, 9.17) is 8.83 Å². The van der Waals surface area contributed by atoms with E-state index in [2.05, 4.69) is 194 Å². The summed E-state index contributed by atoms with van der Waals surface area (Å²) in [5, 5.41) is 11.9. The third-order valence-electron chi connectivity index (χ3n) is 16.4. The maximum Gasteiger partial charge on any atom is 0.159 e. The molecule has 2 heterocycles. The van der Waals surface area contributed by atoms with Crippen molar-refractivity contribution in [2.75, 3.05) is 9.80 Å². The van der Waals surface area contributed by atoms with E-state index in [0.29, 0.717) is 11.8 Å². The van der Waals surface area contributed by atoms with Crippen LogP contribution in [-0.2, 0) is 0 Å². The molecule has 2 aliphatic rings. The van der Waals surface area contributed by atoms with Crippen molar-refractivity contribution in [3.05, 3.63) is 192 Å². The summed E-state index contributed by atoms with van der Waals surface area (Å²) >= 11 is 0. The summed E-state index contributed by atoms with van der Waals surface area (Å²) in [5.74, 6) is 1.25. The number of aryl methyl sites for hydroxylation is 2. The normalized spacial score (nSPS) is 15.2. The molecule has 2 aromatic heterocycles. The van der Waals surface area contributed by atoms with Crippen LogP contribution in [0.1, 0.15) is 98.3 Å². The number of hydrogen-bond donors (Lipinski definition) is 0. The molecule has 0 spiro atoms. The number of nitrogens with zero attached hydrogens (tertiary/aromatic N) is 2. The van der Waals surface area contributed by atoms with Crippen LogP contribution < -0.4 is 9.80 Å². The first kappa shape index (κ1) is 41.4. The summed E-state index contributed by atoms with van der Waals surface area (Å²) in [5.41, 5.74) is 15.4. The second-order valence-corrected chi connectivity index (χ2v) is 20.5. The maximum absolute atomic E-state index is 6.95. The van der Waals surface area contributed by atoms with E-state index in [9.17, 15) is 0 Å². The average molecular weight is 909 g/mol. The molecule has 2 fully saturated rings. The molecule has 0 unspecified atom stereocenters. The van der Waals surface area contributed by atoms with Gasteiger partial charge in [0.2, 0.25) is 0 Å². The van der Waals surface area contributed by atoms with Crippen LogP contribution in [0.3, 0.4) is 0 Å². The molecule has 70 heavy (non-hydrogen) atoms. The highest BCUT2D eigenvalue weighted by molar-refractivity contribution is 6.28. The Kier molecular flexibility index (Phi) is 9.79. The van der Waals surface area contributed by atoms with Gasteiger partial charge in [-0.3, -0.25) is 0 Å². The molecule has 0 amide bonds. The Bertz CT molecular complexity index is 3680. The Balaban J connectivity index is 0.993. The first-order valence-corrected chi connectivity index (χ1v) is 25.9. The highest BCUT2D eigenvalue weighted by Gasteiger charge is 2.27. The van der Waals surface area contributed by atoms with E-state index < -0.39 is 0 Å². The first-order chi connectivity index (χ1) is 34.6. The van der Waals surface area contributed by atoms with Crippen LogP contribution in [0, 0.1) is 13.8 Å². The molecule has 10 aromatic carbocycles. The minimum atomic E-state index is 0.624. The fourth-order valence-electron chi connectivity index (χ4n) is 12.9. The fraction of sp³-hybridized carbons (Fsp3) is 0.212. The molecule has 2 aliphatic carbocycles. The number of benzene rings is 10. The predicted octanol–water partition coefficient (Wildman–Crippen LogP) is 20.0. The zero-order valence-electron chi connectivity index (χ0n) is 40.1. The lowest BCUT2D eigenvalue weighted by atomic mass is 9.84. The summed E-state index contributed by atoms with van der Waals surface area (Å²) < 4.78 is 13.9. The molecule has 14 rings (SSSR count). The first-order valence-electron chi connectivity index (χ1n) is 25.9. The van der Waals surface area contributed by atoms with Gasteiger partial charge in [0, 0.05) is 43.7 Å². The number of hydrogen-bond acceptors (Lipinski definition) is 4. The molecule has 0 atom stereocenters. The lowest BCUT2D eigenvalue weighted by Gasteiger charge is -2.30. The van der Waals surface area contributed by atoms with E-state index >= 15 is 0 Å². The number of anilines is 6. The van der Waals surface area contributed by atoms with E-state index in [1.54, 1.807) is 0 Å². The summed E-state index contributed by atoms with van der Waals surface area (Å²) in [4.78, 5) is 4.92. The van der Waals surface area contributed by atoms with Crippen molar-refractivity contribution in [1.82, 2.24) is 0 Å². The Morgan fingerprint density at radius 1 is 0.329 bits per heavy atom. The van der Waals surface area contributed by atoms with Gasteiger partial charge in [0.1, 0.15) is 11.2 Å². The zero-order chi connectivity index (χ0) is 46.5. The van der Waals surface area contributed by atoms with Gasteiger partial charge < -0.3 is 18.6 Å². The van der Waals surface area contributed by atoms with Crippen molar-refractivity contribution < 1.29 is 8.83 Å². The van der Waals surface area contributed by atoms with Gasteiger partial charge in [-0.15, -0.1) is 0 Å². The van der Waals surface area contributed by atoms with E-state index in [1.165, 1.54) is 108 Å². The third kappa shape index (κ3) is 6.56. The van der Waals surface area contributed by atoms with Crippen LogP contribution >= 0.6 is 0 Å². The van der Waals surface area contributed by atoms with Crippen LogP contribution in [0.25, 0.3) is 76.2 Å². The largest absolute Gasteiger partial charge is 0.454 e. The lowest BCUT2D eigenvalue weighted by molar-refractivity contribution is 0.443. The van der Waals surface area contributed by atoms with Gasteiger partial charge >= 0.3 is 0 Å². The topological polar surface area (TPSA) is 32.8 Å². The SMILES string of the molecule is Cc1cccc2c1oc1c(N(c3ccc(C4CCCCC4)cc3)c3ccc4ccc5c(N(c6ccc(C7CCCCC7)cc6)c6cccc7c6oc6c(C)cccc67)ccc6ccc3c4c65)cccc12. The van der Waals surface area contributed by atoms with Gasteiger partial charge in [-0.1, -0.05) is 160 Å². The minimum absolute atomic E-state index is 0.624. The molecule has 0 saturated heterocycles. The van der Waals surface area contributed by atoms with Crippen LogP contribution in [-0.4, -0.2) is 0 Å². The lowest BCUT2D eigenvalue weighted by Crippen LogP contribution is -2.12. The summed E-state index contributed by atoms with van der Waals surface area (Å²) in [7, 11) is 0. The highest BCUT2D eigenvalue weighted by Crippen LogP contribution is 2.51. The van der Waals surface area contributed by atoms with Crippen molar-refractivity contribution in [3.8, 4) is 0 Å². The Labute approximate surface area is 409 Å². The molecule has 4 nitrogen and oxygen atoms in total. The standard InChI is InChI=1S/C66H56N2O2/c1-41-13-9-19-51-53-21-11-23-59(65(53)69-63(41)51)67(49-33-25-45(26-34-49)43-15-5-3-6-16-43)57-39-31-47-30-38-56-58(40-32-48-29-37-55(57)61(47)62(48)56)68(50-35-27-46(28-36-50)44-17-7-4-8-18-44)60-24-12-22-54-52-20-10-14-42(2)64(52)70-66(54)60/h9-14,19-40,43-44H,3-8,15-18H2,1-2H3. The smallest absolute Gasteiger partial charge is 0.159 e.